The maximum atomic E-state index is 5.15. The van der Waals surface area contributed by atoms with Crippen LogP contribution in [0.3, 0.4) is 0 Å². The van der Waals surface area contributed by atoms with E-state index in [1.165, 1.54) is 99.1 Å². The molecule has 0 spiro atoms. The Balaban J connectivity index is 0.891. The van der Waals surface area contributed by atoms with Crippen molar-refractivity contribution in [3.8, 4) is 28.2 Å². The number of imidazole rings is 1. The van der Waals surface area contributed by atoms with E-state index >= 15 is 0 Å². The molecule has 4 heteroatoms. The number of para-hydroxylation sites is 6. The van der Waals surface area contributed by atoms with Crippen LogP contribution in [0.15, 0.2) is 229 Å². The molecule has 322 valence electrons. The average molecular weight is 871 g/mol. The molecule has 14 rings (SSSR count). The van der Waals surface area contributed by atoms with Gasteiger partial charge in [0.2, 0.25) is 0 Å². The Morgan fingerprint density at radius 2 is 1.09 bits per heavy atom. The van der Waals surface area contributed by atoms with Crippen LogP contribution in [0, 0.1) is 0 Å². The van der Waals surface area contributed by atoms with Gasteiger partial charge in [0.15, 0.2) is 0 Å². The first-order chi connectivity index (χ1) is 33.7. The minimum Gasteiger partial charge on any atom is -0.360 e. The van der Waals surface area contributed by atoms with Gasteiger partial charge in [-0.15, -0.1) is 0 Å². The molecular weight excluding hydrogens is 825 g/mol. The zero-order valence-electron chi connectivity index (χ0n) is 37.5. The summed E-state index contributed by atoms with van der Waals surface area (Å²) < 4.78 is 2.27. The smallest absolute Gasteiger partial charge is 0.145 e. The van der Waals surface area contributed by atoms with Crippen LogP contribution in [-0.4, -0.2) is 15.7 Å². The molecule has 3 aliphatic rings. The van der Waals surface area contributed by atoms with E-state index in [0.29, 0.717) is 0 Å². The zero-order chi connectivity index (χ0) is 44.7. The summed E-state index contributed by atoms with van der Waals surface area (Å²) in [7, 11) is 0. The molecule has 11 aromatic rings. The van der Waals surface area contributed by atoms with Gasteiger partial charge < -0.3 is 10.2 Å². The van der Waals surface area contributed by atoms with Crippen molar-refractivity contribution in [1.29, 1.82) is 0 Å². The third-order valence-corrected chi connectivity index (χ3v) is 14.8. The van der Waals surface area contributed by atoms with E-state index in [9.17, 15) is 0 Å². The summed E-state index contributed by atoms with van der Waals surface area (Å²) >= 11 is 0. The number of aromatic nitrogens is 2. The molecular formula is C64H46N4. The number of aryl methyl sites for hydroxylation is 1. The van der Waals surface area contributed by atoms with E-state index in [2.05, 4.69) is 233 Å². The van der Waals surface area contributed by atoms with E-state index in [-0.39, 0.29) is 6.17 Å². The van der Waals surface area contributed by atoms with Crippen LogP contribution in [0.5, 0.6) is 0 Å². The number of fused-ring (bicyclic) bond motifs is 13. The van der Waals surface area contributed by atoms with Crippen LogP contribution >= 0.6 is 0 Å². The molecule has 2 aliphatic carbocycles. The Morgan fingerprint density at radius 1 is 0.456 bits per heavy atom. The maximum Gasteiger partial charge on any atom is 0.145 e. The summed E-state index contributed by atoms with van der Waals surface area (Å²) in [6, 6.07) is 72.8. The summed E-state index contributed by atoms with van der Waals surface area (Å²) in [6.07, 6.45) is 11.5. The first-order valence-corrected chi connectivity index (χ1v) is 24.0. The van der Waals surface area contributed by atoms with Gasteiger partial charge in [0, 0.05) is 16.9 Å². The van der Waals surface area contributed by atoms with Crippen LogP contribution in [0.2, 0.25) is 0 Å². The molecule has 4 nitrogen and oxygen atoms in total. The van der Waals surface area contributed by atoms with Gasteiger partial charge in [-0.3, -0.25) is 4.57 Å². The SMILES string of the molecule is C1=C(C2=Cc3c(c4ccc(-c5ccc(-c6nc7ccccc7n6-c6ccccc6)cc5)cc4c4c5ccccc5c5ccccc5c34)CC2)CCC(C2Nc3ccccc3N2c2ccccc2)=C1. The van der Waals surface area contributed by atoms with E-state index in [4.69, 9.17) is 4.98 Å². The van der Waals surface area contributed by atoms with Crippen molar-refractivity contribution >= 4 is 77.3 Å². The second-order valence-electron chi connectivity index (χ2n) is 18.5. The van der Waals surface area contributed by atoms with E-state index < -0.39 is 0 Å². The van der Waals surface area contributed by atoms with Crippen LogP contribution in [0.4, 0.5) is 17.1 Å². The van der Waals surface area contributed by atoms with Gasteiger partial charge in [-0.1, -0.05) is 164 Å². The molecule has 1 unspecified atom stereocenters. The Hall–Kier alpha value is -8.47. The summed E-state index contributed by atoms with van der Waals surface area (Å²) in [5, 5.41) is 14.5. The van der Waals surface area contributed by atoms with Crippen molar-refractivity contribution in [2.45, 2.75) is 31.8 Å². The lowest BCUT2D eigenvalue weighted by Gasteiger charge is -2.31. The quantitative estimate of drug-likeness (QED) is 0.169. The molecule has 1 aromatic heterocycles. The Morgan fingerprint density at radius 3 is 1.85 bits per heavy atom. The lowest BCUT2D eigenvalue weighted by Crippen LogP contribution is -2.34. The molecule has 1 N–H and O–H groups in total. The van der Waals surface area contributed by atoms with Crippen molar-refractivity contribution in [1.82, 2.24) is 9.55 Å². The first kappa shape index (κ1) is 38.8. The van der Waals surface area contributed by atoms with Gasteiger partial charge >= 0.3 is 0 Å². The molecule has 2 heterocycles. The zero-order valence-corrected chi connectivity index (χ0v) is 37.5. The molecule has 0 radical (unpaired) electrons. The van der Waals surface area contributed by atoms with Crippen LogP contribution in [0.1, 0.15) is 30.4 Å². The van der Waals surface area contributed by atoms with Gasteiger partial charge in [0.25, 0.3) is 0 Å². The predicted octanol–water partition coefficient (Wildman–Crippen LogP) is 16.5. The molecule has 0 saturated heterocycles. The number of nitrogens with one attached hydrogen (secondary N) is 1. The topological polar surface area (TPSA) is 33.1 Å². The number of benzene rings is 10. The molecule has 1 atom stereocenters. The van der Waals surface area contributed by atoms with Crippen molar-refractivity contribution in [2.75, 3.05) is 10.2 Å². The highest BCUT2D eigenvalue weighted by Crippen LogP contribution is 2.48. The van der Waals surface area contributed by atoms with Gasteiger partial charge in [0.05, 0.1) is 22.4 Å². The molecule has 10 aromatic carbocycles. The maximum absolute atomic E-state index is 5.15. The third kappa shape index (κ3) is 6.11. The molecule has 68 heavy (non-hydrogen) atoms. The number of anilines is 3. The largest absolute Gasteiger partial charge is 0.360 e. The van der Waals surface area contributed by atoms with Crippen LogP contribution < -0.4 is 10.2 Å². The number of allylic oxidation sites excluding steroid dienone is 4. The highest BCUT2D eigenvalue weighted by molar-refractivity contribution is 6.34. The fourth-order valence-corrected chi connectivity index (χ4v) is 11.7. The first-order valence-electron chi connectivity index (χ1n) is 24.0. The van der Waals surface area contributed by atoms with E-state index in [0.717, 1.165) is 53.8 Å². The monoisotopic (exact) mass is 870 g/mol. The fraction of sp³-hybridized carbons (Fsp3) is 0.0781. The second kappa shape index (κ2) is 15.6. The Labute approximate surface area is 395 Å². The number of rotatable bonds is 6. The van der Waals surface area contributed by atoms with Gasteiger partial charge in [0.1, 0.15) is 12.0 Å². The lowest BCUT2D eigenvalue weighted by atomic mass is 9.78. The summed E-state index contributed by atoms with van der Waals surface area (Å²) in [4.78, 5) is 7.62. The summed E-state index contributed by atoms with van der Waals surface area (Å²) in [6.45, 7) is 0. The lowest BCUT2D eigenvalue weighted by molar-refractivity contribution is 0.770. The summed E-state index contributed by atoms with van der Waals surface area (Å²) in [5.74, 6) is 0.942. The van der Waals surface area contributed by atoms with Crippen LogP contribution in [0.25, 0.3) is 88.4 Å². The Bertz CT molecular complexity index is 3930. The second-order valence-corrected chi connectivity index (χ2v) is 18.5. The number of hydrogen-bond donors (Lipinski definition) is 1. The third-order valence-electron chi connectivity index (χ3n) is 14.8. The summed E-state index contributed by atoms with van der Waals surface area (Å²) in [5.41, 5.74) is 17.5. The number of nitrogens with zero attached hydrogens (tertiary/aromatic N) is 3. The van der Waals surface area contributed by atoms with Crippen LogP contribution in [-0.2, 0) is 6.42 Å². The van der Waals surface area contributed by atoms with E-state index in [1.807, 2.05) is 0 Å². The standard InChI is InChI=1S/C64H46N4/c1-3-15-47(16-4-1)67-59-25-13-11-23-57(59)65-63(67)43-31-27-41(28-32-43)45-35-37-51-52-38-36-46(40-56(52)62-54-22-10-8-20-50(54)49-19-7-9-21-53(49)61(62)55(51)39-45)42-29-33-44(34-30-42)64-66-58-24-12-14-26-60(58)68(64)48-17-5-2-6-18-48/h1-29,31-33,35,37,39-40,64,66H,30,34,36,38H2. The predicted molar refractivity (Wildman–Crippen MR) is 286 cm³/mol. The molecule has 0 amide bonds. The van der Waals surface area contributed by atoms with Gasteiger partial charge in [-0.2, -0.15) is 0 Å². The molecule has 0 fully saturated rings. The molecule has 1 aliphatic heterocycles. The number of hydrogen-bond acceptors (Lipinski definition) is 3. The minimum atomic E-state index is 0.0796. The van der Waals surface area contributed by atoms with Gasteiger partial charge in [-0.25, -0.2) is 4.98 Å². The Kier molecular flexibility index (Phi) is 8.88. The average Bonchev–Trinajstić information content (AvgIpc) is 4.01. The normalized spacial score (nSPS) is 15.6. The minimum absolute atomic E-state index is 0.0796. The molecule has 0 bridgehead atoms. The van der Waals surface area contributed by atoms with E-state index in [1.54, 1.807) is 0 Å². The highest BCUT2D eigenvalue weighted by atomic mass is 15.3. The van der Waals surface area contributed by atoms with Gasteiger partial charge in [-0.05, 0) is 162 Å². The van der Waals surface area contributed by atoms with Crippen molar-refractivity contribution in [3.63, 3.8) is 0 Å². The fourth-order valence-electron chi connectivity index (χ4n) is 11.7. The van der Waals surface area contributed by atoms with Crippen molar-refractivity contribution in [3.05, 3.63) is 240 Å². The highest BCUT2D eigenvalue weighted by Gasteiger charge is 2.33. The van der Waals surface area contributed by atoms with Crippen molar-refractivity contribution in [2.24, 2.45) is 0 Å². The van der Waals surface area contributed by atoms with Crippen molar-refractivity contribution < 1.29 is 0 Å². The molecule has 0 saturated carbocycles.